The van der Waals surface area contributed by atoms with E-state index in [0.29, 0.717) is 40.2 Å². The lowest BCUT2D eigenvalue weighted by molar-refractivity contribution is -0.122. The first-order valence-electron chi connectivity index (χ1n) is 9.81. The number of para-hydroxylation sites is 2. The largest absolute Gasteiger partial charge is 0.492 e. The summed E-state index contributed by atoms with van der Waals surface area (Å²) in [5, 5.41) is 2.87. The fourth-order valence-corrected chi connectivity index (χ4v) is 4.28. The van der Waals surface area contributed by atoms with Crippen LogP contribution in [0.25, 0.3) is 6.08 Å². The van der Waals surface area contributed by atoms with Crippen molar-refractivity contribution in [2.45, 2.75) is 26.7 Å². The zero-order chi connectivity index (χ0) is 21.5. The Bertz CT molecular complexity index is 971. The third-order valence-corrected chi connectivity index (χ3v) is 5.87. The fraction of sp³-hybridized carbons (Fsp3) is 0.261. The average molecular weight is 441 g/mol. The first-order chi connectivity index (χ1) is 14.5. The molecule has 2 amide bonds. The van der Waals surface area contributed by atoms with Crippen LogP contribution in [0.4, 0.5) is 5.69 Å². The van der Waals surface area contributed by atoms with Gasteiger partial charge in [-0.2, -0.15) is 0 Å². The van der Waals surface area contributed by atoms with Gasteiger partial charge in [-0.25, -0.2) is 0 Å². The topological polar surface area (TPSA) is 58.6 Å². The van der Waals surface area contributed by atoms with Gasteiger partial charge in [-0.1, -0.05) is 65.9 Å². The van der Waals surface area contributed by atoms with E-state index in [2.05, 4.69) is 5.32 Å². The molecule has 0 unspecified atom stereocenters. The number of benzene rings is 2. The molecule has 156 valence electrons. The van der Waals surface area contributed by atoms with E-state index in [0.717, 1.165) is 5.56 Å². The van der Waals surface area contributed by atoms with Crippen LogP contribution < -0.4 is 10.1 Å². The van der Waals surface area contributed by atoms with Gasteiger partial charge < -0.3 is 10.1 Å². The van der Waals surface area contributed by atoms with Crippen LogP contribution in [0.2, 0.25) is 0 Å². The van der Waals surface area contributed by atoms with Crippen LogP contribution in [0.3, 0.4) is 0 Å². The van der Waals surface area contributed by atoms with Crippen molar-refractivity contribution in [3.8, 4) is 5.75 Å². The van der Waals surface area contributed by atoms with E-state index >= 15 is 0 Å². The van der Waals surface area contributed by atoms with Crippen LogP contribution in [-0.2, 0) is 9.59 Å². The molecular formula is C23H24N2O3S2. The van der Waals surface area contributed by atoms with Gasteiger partial charge in [-0.3, -0.25) is 14.5 Å². The van der Waals surface area contributed by atoms with Crippen molar-refractivity contribution in [2.75, 3.05) is 18.5 Å². The number of hydrogen-bond acceptors (Lipinski definition) is 5. The van der Waals surface area contributed by atoms with Crippen molar-refractivity contribution < 1.29 is 14.3 Å². The number of nitrogens with zero attached hydrogens (tertiary/aromatic N) is 1. The van der Waals surface area contributed by atoms with E-state index in [-0.39, 0.29) is 18.2 Å². The maximum Gasteiger partial charge on any atom is 0.266 e. The lowest BCUT2D eigenvalue weighted by Crippen LogP contribution is -2.29. The SMILES string of the molecule is CCOc1ccccc1NC(=O)CCCN1C(=O)/C(=C/c2ccc(C)cc2)SC1=S. The lowest BCUT2D eigenvalue weighted by atomic mass is 10.1. The number of thioether (sulfide) groups is 1. The molecule has 3 rings (SSSR count). The molecule has 1 aliphatic rings. The van der Waals surface area contributed by atoms with Crippen molar-refractivity contribution in [2.24, 2.45) is 0 Å². The van der Waals surface area contributed by atoms with Crippen LogP contribution in [0.15, 0.2) is 53.4 Å². The molecule has 2 aromatic carbocycles. The Kier molecular flexibility index (Phi) is 7.65. The number of rotatable bonds is 8. The molecule has 0 saturated carbocycles. The third-order valence-electron chi connectivity index (χ3n) is 4.50. The predicted molar refractivity (Wildman–Crippen MR) is 127 cm³/mol. The normalized spacial score (nSPS) is 15.0. The molecule has 1 fully saturated rings. The van der Waals surface area contributed by atoms with Gasteiger partial charge in [-0.15, -0.1) is 0 Å². The number of anilines is 1. The first kappa shape index (κ1) is 22.1. The standard InChI is InChI=1S/C23H24N2O3S2/c1-3-28-19-8-5-4-7-18(19)24-21(26)9-6-14-25-22(27)20(30-23(25)29)15-17-12-10-16(2)11-13-17/h4-5,7-8,10-13,15H,3,6,9,14H2,1-2H3,(H,24,26)/b20-15-. The Morgan fingerprint density at radius 2 is 1.93 bits per heavy atom. The second-order valence-corrected chi connectivity index (χ2v) is 8.50. The van der Waals surface area contributed by atoms with Crippen molar-refractivity contribution in [1.82, 2.24) is 4.90 Å². The summed E-state index contributed by atoms with van der Waals surface area (Å²) in [7, 11) is 0. The highest BCUT2D eigenvalue weighted by atomic mass is 32.2. The van der Waals surface area contributed by atoms with Crippen LogP contribution in [-0.4, -0.2) is 34.2 Å². The van der Waals surface area contributed by atoms with Gasteiger partial charge in [0.25, 0.3) is 5.91 Å². The van der Waals surface area contributed by atoms with Crippen molar-refractivity contribution in [3.05, 3.63) is 64.6 Å². The summed E-state index contributed by atoms with van der Waals surface area (Å²) in [6, 6.07) is 15.3. The van der Waals surface area contributed by atoms with Crippen molar-refractivity contribution in [3.63, 3.8) is 0 Å². The maximum atomic E-state index is 12.7. The minimum absolute atomic E-state index is 0.104. The molecule has 30 heavy (non-hydrogen) atoms. The molecule has 0 bridgehead atoms. The summed E-state index contributed by atoms with van der Waals surface area (Å²) in [5.41, 5.74) is 2.78. The number of nitrogens with one attached hydrogen (secondary N) is 1. The summed E-state index contributed by atoms with van der Waals surface area (Å²) in [4.78, 5) is 27.2. The van der Waals surface area contributed by atoms with Gasteiger partial charge in [-0.05, 0) is 44.0 Å². The summed E-state index contributed by atoms with van der Waals surface area (Å²) in [6.07, 6.45) is 2.66. The molecule has 0 radical (unpaired) electrons. The number of aryl methyl sites for hydroxylation is 1. The van der Waals surface area contributed by atoms with Gasteiger partial charge >= 0.3 is 0 Å². The average Bonchev–Trinajstić information content (AvgIpc) is 2.99. The monoisotopic (exact) mass is 440 g/mol. The molecule has 7 heteroatoms. The quantitative estimate of drug-likeness (QED) is 0.462. The van der Waals surface area contributed by atoms with Crippen molar-refractivity contribution >= 4 is 51.9 Å². The number of ether oxygens (including phenoxy) is 1. The van der Waals surface area contributed by atoms with E-state index in [1.165, 1.54) is 17.3 Å². The van der Waals surface area contributed by atoms with Crippen LogP contribution in [0, 0.1) is 6.92 Å². The van der Waals surface area contributed by atoms with Crippen LogP contribution >= 0.6 is 24.0 Å². The van der Waals surface area contributed by atoms with E-state index in [1.807, 2.05) is 62.4 Å². The Balaban J connectivity index is 1.53. The molecular weight excluding hydrogens is 416 g/mol. The van der Waals surface area contributed by atoms with E-state index < -0.39 is 0 Å². The van der Waals surface area contributed by atoms with Gasteiger partial charge in [0, 0.05) is 13.0 Å². The minimum Gasteiger partial charge on any atom is -0.492 e. The smallest absolute Gasteiger partial charge is 0.266 e. The molecule has 0 spiro atoms. The lowest BCUT2D eigenvalue weighted by Gasteiger charge is -2.14. The maximum absolute atomic E-state index is 12.7. The second kappa shape index (κ2) is 10.4. The van der Waals surface area contributed by atoms with E-state index in [9.17, 15) is 9.59 Å². The molecule has 0 aliphatic carbocycles. The highest BCUT2D eigenvalue weighted by Gasteiger charge is 2.31. The fourth-order valence-electron chi connectivity index (χ4n) is 2.97. The molecule has 1 aliphatic heterocycles. The molecule has 0 atom stereocenters. The van der Waals surface area contributed by atoms with E-state index in [4.69, 9.17) is 17.0 Å². The molecule has 5 nitrogen and oxygen atoms in total. The van der Waals surface area contributed by atoms with Crippen LogP contribution in [0.5, 0.6) is 5.75 Å². The number of carbonyl (C=O) groups is 2. The highest BCUT2D eigenvalue weighted by Crippen LogP contribution is 2.32. The zero-order valence-corrected chi connectivity index (χ0v) is 18.6. The van der Waals surface area contributed by atoms with Gasteiger partial charge in [0.15, 0.2) is 0 Å². The number of thiocarbonyl (C=S) groups is 1. The third kappa shape index (κ3) is 5.70. The summed E-state index contributed by atoms with van der Waals surface area (Å²) >= 11 is 6.67. The Hall–Kier alpha value is -2.64. The second-order valence-electron chi connectivity index (χ2n) is 6.82. The minimum atomic E-state index is -0.122. The summed E-state index contributed by atoms with van der Waals surface area (Å²) in [5.74, 6) is 0.419. The summed E-state index contributed by atoms with van der Waals surface area (Å²) in [6.45, 7) is 4.86. The number of hydrogen-bond donors (Lipinski definition) is 1. The van der Waals surface area contributed by atoms with Gasteiger partial charge in [0.2, 0.25) is 5.91 Å². The first-order valence-corrected chi connectivity index (χ1v) is 11.0. The number of amides is 2. The van der Waals surface area contributed by atoms with Gasteiger partial charge in [0.05, 0.1) is 17.2 Å². The Morgan fingerprint density at radius 1 is 1.20 bits per heavy atom. The number of carbonyl (C=O) groups excluding carboxylic acids is 2. The van der Waals surface area contributed by atoms with Gasteiger partial charge in [0.1, 0.15) is 10.1 Å². The molecule has 1 heterocycles. The predicted octanol–water partition coefficient (Wildman–Crippen LogP) is 5.01. The Labute approximate surface area is 186 Å². The molecule has 1 saturated heterocycles. The molecule has 1 N–H and O–H groups in total. The summed E-state index contributed by atoms with van der Waals surface area (Å²) < 4.78 is 6.05. The van der Waals surface area contributed by atoms with Crippen LogP contribution in [0.1, 0.15) is 30.9 Å². The highest BCUT2D eigenvalue weighted by molar-refractivity contribution is 8.26. The molecule has 0 aromatic heterocycles. The van der Waals surface area contributed by atoms with E-state index in [1.54, 1.807) is 11.0 Å². The Morgan fingerprint density at radius 3 is 2.67 bits per heavy atom. The molecule has 2 aromatic rings. The van der Waals surface area contributed by atoms with Crippen molar-refractivity contribution in [1.29, 1.82) is 0 Å². The zero-order valence-electron chi connectivity index (χ0n) is 17.0.